The summed E-state index contributed by atoms with van der Waals surface area (Å²) in [4.78, 5) is 9.18. The van der Waals surface area contributed by atoms with Crippen LogP contribution < -0.4 is 0 Å². The van der Waals surface area contributed by atoms with E-state index in [1.54, 1.807) is 0 Å². The van der Waals surface area contributed by atoms with Gasteiger partial charge in [0.15, 0.2) is 5.82 Å². The van der Waals surface area contributed by atoms with Crippen LogP contribution in [0.3, 0.4) is 0 Å². The molecule has 1 fully saturated rings. The Bertz CT molecular complexity index is 611. The van der Waals surface area contributed by atoms with Crippen molar-refractivity contribution in [3.05, 3.63) is 46.2 Å². The summed E-state index contributed by atoms with van der Waals surface area (Å²) in [6, 6.07) is 8.34. The largest absolute Gasteiger partial charge is 0.233 e. The Kier molecular flexibility index (Phi) is 3.75. The zero-order chi connectivity index (χ0) is 14.1. The van der Waals surface area contributed by atoms with E-state index in [1.807, 2.05) is 6.07 Å². The minimum Gasteiger partial charge on any atom is -0.233 e. The van der Waals surface area contributed by atoms with Gasteiger partial charge in [0.2, 0.25) is 0 Å². The van der Waals surface area contributed by atoms with Gasteiger partial charge in [0.25, 0.3) is 0 Å². The smallest absolute Gasteiger partial charge is 0.161 e. The zero-order valence-corrected chi connectivity index (χ0v) is 12.7. The number of benzene rings is 1. The molecule has 1 aromatic heterocycles. The third kappa shape index (κ3) is 2.85. The van der Waals surface area contributed by atoms with Gasteiger partial charge in [-0.3, -0.25) is 0 Å². The van der Waals surface area contributed by atoms with Gasteiger partial charge in [-0.15, -0.1) is 0 Å². The Balaban J connectivity index is 2.04. The minimum absolute atomic E-state index is 0.552. The maximum atomic E-state index is 6.21. The van der Waals surface area contributed by atoms with E-state index in [0.29, 0.717) is 11.1 Å². The molecule has 0 radical (unpaired) electrons. The molecule has 1 aliphatic carbocycles. The van der Waals surface area contributed by atoms with Gasteiger partial charge < -0.3 is 0 Å². The van der Waals surface area contributed by atoms with Gasteiger partial charge in [0.1, 0.15) is 5.15 Å². The molecular formula is C17H19ClN2. The molecule has 1 heterocycles. The molecule has 0 bridgehead atoms. The normalized spacial score (nSPS) is 15.8. The fourth-order valence-electron chi connectivity index (χ4n) is 3.10. The minimum atomic E-state index is 0.552. The highest BCUT2D eigenvalue weighted by Crippen LogP contribution is 2.34. The van der Waals surface area contributed by atoms with Crippen LogP contribution in [0.1, 0.15) is 48.4 Å². The van der Waals surface area contributed by atoms with Crippen LogP contribution in [-0.4, -0.2) is 9.97 Å². The van der Waals surface area contributed by atoms with E-state index < -0.39 is 0 Å². The monoisotopic (exact) mass is 286 g/mol. The maximum absolute atomic E-state index is 6.21. The molecule has 3 heteroatoms. The summed E-state index contributed by atoms with van der Waals surface area (Å²) in [6.45, 7) is 4.19. The summed E-state index contributed by atoms with van der Waals surface area (Å²) in [7, 11) is 0. The molecule has 0 aliphatic heterocycles. The summed E-state index contributed by atoms with van der Waals surface area (Å²) in [5, 5.41) is 0.552. The Hall–Kier alpha value is -1.41. The SMILES string of the molecule is Cc1cc(C)cc(-c2nc(Cl)cc(C3CCCC3)n2)c1. The second-order valence-corrected chi connectivity index (χ2v) is 6.18. The number of halogens is 1. The number of hydrogen-bond donors (Lipinski definition) is 0. The molecule has 0 atom stereocenters. The number of rotatable bonds is 2. The van der Waals surface area contributed by atoms with Crippen molar-refractivity contribution < 1.29 is 0 Å². The molecule has 3 rings (SSSR count). The van der Waals surface area contributed by atoms with Crippen LogP contribution in [-0.2, 0) is 0 Å². The first-order chi connectivity index (χ1) is 9.61. The Labute approximate surface area is 125 Å². The predicted octanol–water partition coefficient (Wildman–Crippen LogP) is 5.07. The lowest BCUT2D eigenvalue weighted by Gasteiger charge is -2.11. The highest BCUT2D eigenvalue weighted by Gasteiger charge is 2.20. The highest BCUT2D eigenvalue weighted by atomic mass is 35.5. The van der Waals surface area contributed by atoms with Gasteiger partial charge in [-0.1, -0.05) is 41.6 Å². The summed E-state index contributed by atoms with van der Waals surface area (Å²) >= 11 is 6.21. The molecule has 0 spiro atoms. The van der Waals surface area contributed by atoms with E-state index in [0.717, 1.165) is 17.1 Å². The molecule has 0 unspecified atom stereocenters. The van der Waals surface area contributed by atoms with Gasteiger partial charge in [-0.25, -0.2) is 9.97 Å². The van der Waals surface area contributed by atoms with Crippen LogP contribution in [0.2, 0.25) is 5.15 Å². The Morgan fingerprint density at radius 3 is 2.25 bits per heavy atom. The molecule has 0 amide bonds. The second-order valence-electron chi connectivity index (χ2n) is 5.80. The third-order valence-corrected chi connectivity index (χ3v) is 4.16. The van der Waals surface area contributed by atoms with Gasteiger partial charge in [0, 0.05) is 17.2 Å². The lowest BCUT2D eigenvalue weighted by molar-refractivity contribution is 0.695. The molecule has 1 saturated carbocycles. The van der Waals surface area contributed by atoms with Gasteiger partial charge in [0.05, 0.1) is 0 Å². The molecule has 20 heavy (non-hydrogen) atoms. The molecule has 0 N–H and O–H groups in total. The molecule has 104 valence electrons. The third-order valence-electron chi connectivity index (χ3n) is 3.97. The van der Waals surface area contributed by atoms with Crippen LogP contribution in [0.15, 0.2) is 24.3 Å². The lowest BCUT2D eigenvalue weighted by Crippen LogP contribution is -2.00. The van der Waals surface area contributed by atoms with Crippen molar-refractivity contribution in [3.8, 4) is 11.4 Å². The summed E-state index contributed by atoms with van der Waals surface area (Å²) in [5.41, 5.74) is 4.62. The summed E-state index contributed by atoms with van der Waals surface area (Å²) < 4.78 is 0. The maximum Gasteiger partial charge on any atom is 0.161 e. The molecule has 2 aromatic rings. The fraction of sp³-hybridized carbons (Fsp3) is 0.412. The van der Waals surface area contributed by atoms with Crippen molar-refractivity contribution in [2.24, 2.45) is 0 Å². The van der Waals surface area contributed by atoms with E-state index >= 15 is 0 Å². The first-order valence-electron chi connectivity index (χ1n) is 7.25. The number of aromatic nitrogens is 2. The second kappa shape index (κ2) is 5.53. The van der Waals surface area contributed by atoms with Crippen LogP contribution in [0.4, 0.5) is 0 Å². The average Bonchev–Trinajstić information content (AvgIpc) is 2.90. The summed E-state index contributed by atoms with van der Waals surface area (Å²) in [5.74, 6) is 1.31. The van der Waals surface area contributed by atoms with Crippen molar-refractivity contribution in [2.75, 3.05) is 0 Å². The molecular weight excluding hydrogens is 268 g/mol. The van der Waals surface area contributed by atoms with E-state index in [4.69, 9.17) is 16.6 Å². The van der Waals surface area contributed by atoms with Crippen LogP contribution >= 0.6 is 11.6 Å². The van der Waals surface area contributed by atoms with Crippen molar-refractivity contribution in [1.82, 2.24) is 9.97 Å². The van der Waals surface area contributed by atoms with E-state index in [-0.39, 0.29) is 0 Å². The van der Waals surface area contributed by atoms with Gasteiger partial charge in [-0.2, -0.15) is 0 Å². The van der Waals surface area contributed by atoms with E-state index in [9.17, 15) is 0 Å². The fourth-order valence-corrected chi connectivity index (χ4v) is 3.29. The summed E-state index contributed by atoms with van der Waals surface area (Å²) in [6.07, 6.45) is 5.04. The van der Waals surface area contributed by atoms with E-state index in [1.165, 1.54) is 36.8 Å². The Morgan fingerprint density at radius 2 is 1.60 bits per heavy atom. The van der Waals surface area contributed by atoms with Crippen LogP contribution in [0.5, 0.6) is 0 Å². The standard InChI is InChI=1S/C17H19ClN2/c1-11-7-12(2)9-14(8-11)17-19-15(10-16(18)20-17)13-5-3-4-6-13/h7-10,13H,3-6H2,1-2H3. The highest BCUT2D eigenvalue weighted by molar-refractivity contribution is 6.29. The Morgan fingerprint density at radius 1 is 0.950 bits per heavy atom. The topological polar surface area (TPSA) is 25.8 Å². The van der Waals surface area contributed by atoms with Crippen molar-refractivity contribution >= 4 is 11.6 Å². The van der Waals surface area contributed by atoms with Crippen molar-refractivity contribution in [1.29, 1.82) is 0 Å². The van der Waals surface area contributed by atoms with Gasteiger partial charge in [-0.05, 0) is 44.9 Å². The van der Waals surface area contributed by atoms with E-state index in [2.05, 4.69) is 37.0 Å². The molecule has 1 aromatic carbocycles. The van der Waals surface area contributed by atoms with Crippen molar-refractivity contribution in [2.45, 2.75) is 45.4 Å². The zero-order valence-electron chi connectivity index (χ0n) is 12.0. The lowest BCUT2D eigenvalue weighted by atomic mass is 10.0. The number of aryl methyl sites for hydroxylation is 2. The van der Waals surface area contributed by atoms with Crippen LogP contribution in [0, 0.1) is 13.8 Å². The first-order valence-corrected chi connectivity index (χ1v) is 7.63. The molecule has 1 aliphatic rings. The number of nitrogens with zero attached hydrogens (tertiary/aromatic N) is 2. The average molecular weight is 287 g/mol. The first kappa shape index (κ1) is 13.6. The molecule has 2 nitrogen and oxygen atoms in total. The number of hydrogen-bond acceptors (Lipinski definition) is 2. The van der Waals surface area contributed by atoms with Gasteiger partial charge >= 0.3 is 0 Å². The quantitative estimate of drug-likeness (QED) is 0.720. The predicted molar refractivity (Wildman–Crippen MR) is 83.2 cm³/mol. The van der Waals surface area contributed by atoms with Crippen molar-refractivity contribution in [3.63, 3.8) is 0 Å². The van der Waals surface area contributed by atoms with Crippen LogP contribution in [0.25, 0.3) is 11.4 Å². The molecule has 0 saturated heterocycles.